The van der Waals surface area contributed by atoms with Crippen LogP contribution in [0.1, 0.15) is 27.4 Å². The maximum absolute atomic E-state index is 12.1. The number of nitrogens with one attached hydrogen (secondary N) is 1. The van der Waals surface area contributed by atoms with Gasteiger partial charge in [-0.3, -0.25) is 4.79 Å². The maximum Gasteiger partial charge on any atom is 0.337 e. The SMILES string of the molecule is COC(=O)c1ccc(NC(=O)CSc2nnc(Cc3ccc(C)cc3)o2)cc1. The number of methoxy groups -OCH3 is 1. The molecule has 0 aliphatic rings. The molecule has 0 aliphatic carbocycles. The summed E-state index contributed by atoms with van der Waals surface area (Å²) in [6.07, 6.45) is 0.548. The van der Waals surface area contributed by atoms with Gasteiger partial charge in [-0.15, -0.1) is 10.2 Å². The second-order valence-corrected chi connectivity index (χ2v) is 6.96. The number of carbonyl (C=O) groups excluding carboxylic acids is 2. The molecule has 0 aliphatic heterocycles. The molecule has 3 rings (SSSR count). The molecular formula is C20H19N3O4S. The summed E-state index contributed by atoms with van der Waals surface area (Å²) in [5, 5.41) is 11.1. The molecule has 3 aromatic rings. The lowest BCUT2D eigenvalue weighted by molar-refractivity contribution is -0.113. The number of nitrogens with zero attached hydrogens (tertiary/aromatic N) is 2. The van der Waals surface area contributed by atoms with Crippen LogP contribution >= 0.6 is 11.8 Å². The van der Waals surface area contributed by atoms with Gasteiger partial charge in [0, 0.05) is 5.69 Å². The summed E-state index contributed by atoms with van der Waals surface area (Å²) in [4.78, 5) is 23.5. The Balaban J connectivity index is 1.49. The van der Waals surface area contributed by atoms with Crippen LogP contribution in [-0.4, -0.2) is 34.9 Å². The molecule has 1 amide bonds. The van der Waals surface area contributed by atoms with Crippen molar-refractivity contribution in [1.82, 2.24) is 10.2 Å². The Kier molecular flexibility index (Phi) is 6.44. The molecule has 8 heteroatoms. The lowest BCUT2D eigenvalue weighted by atomic mass is 10.1. The maximum atomic E-state index is 12.1. The summed E-state index contributed by atoms with van der Waals surface area (Å²) in [7, 11) is 1.32. The Morgan fingerprint density at radius 1 is 1.07 bits per heavy atom. The molecule has 2 aromatic carbocycles. The monoisotopic (exact) mass is 397 g/mol. The zero-order valence-electron chi connectivity index (χ0n) is 15.5. The zero-order valence-corrected chi connectivity index (χ0v) is 16.3. The van der Waals surface area contributed by atoms with Crippen molar-refractivity contribution in [1.29, 1.82) is 0 Å². The largest absolute Gasteiger partial charge is 0.465 e. The standard InChI is InChI=1S/C20H19N3O4S/c1-13-3-5-14(6-4-13)11-18-22-23-20(27-18)28-12-17(24)21-16-9-7-15(8-10-16)19(25)26-2/h3-10H,11-12H2,1-2H3,(H,21,24). The first-order chi connectivity index (χ1) is 13.5. The molecule has 0 saturated carbocycles. The summed E-state index contributed by atoms with van der Waals surface area (Å²) in [6, 6.07) is 14.6. The van der Waals surface area contributed by atoms with E-state index in [1.807, 2.05) is 31.2 Å². The third-order valence-corrected chi connectivity index (χ3v) is 4.66. The molecule has 0 unspecified atom stereocenters. The summed E-state index contributed by atoms with van der Waals surface area (Å²) < 4.78 is 10.2. The number of benzene rings is 2. The lowest BCUT2D eigenvalue weighted by Crippen LogP contribution is -2.14. The predicted octanol–water partition coefficient (Wildman–Crippen LogP) is 3.49. The van der Waals surface area contributed by atoms with E-state index in [1.54, 1.807) is 24.3 Å². The third-order valence-electron chi connectivity index (χ3n) is 3.84. The molecule has 0 radical (unpaired) electrons. The molecule has 144 valence electrons. The Bertz CT molecular complexity index is 952. The van der Waals surface area contributed by atoms with E-state index in [9.17, 15) is 9.59 Å². The van der Waals surface area contributed by atoms with Crippen LogP contribution in [0.15, 0.2) is 58.2 Å². The number of anilines is 1. The minimum Gasteiger partial charge on any atom is -0.465 e. The van der Waals surface area contributed by atoms with Gasteiger partial charge >= 0.3 is 5.97 Å². The molecule has 0 saturated heterocycles. The van der Waals surface area contributed by atoms with Gasteiger partial charge in [0.15, 0.2) is 0 Å². The second-order valence-electron chi connectivity index (χ2n) is 6.03. The number of aryl methyl sites for hydroxylation is 1. The molecule has 0 bridgehead atoms. The van der Waals surface area contributed by atoms with Crippen LogP contribution in [0.25, 0.3) is 0 Å². The summed E-state index contributed by atoms with van der Waals surface area (Å²) in [5.74, 6) is -0.00389. The molecule has 1 heterocycles. The van der Waals surface area contributed by atoms with Crippen molar-refractivity contribution in [2.45, 2.75) is 18.6 Å². The van der Waals surface area contributed by atoms with Crippen molar-refractivity contribution in [2.24, 2.45) is 0 Å². The van der Waals surface area contributed by atoms with Crippen molar-refractivity contribution >= 4 is 29.3 Å². The normalized spacial score (nSPS) is 10.5. The minimum absolute atomic E-state index is 0.130. The van der Waals surface area contributed by atoms with Gasteiger partial charge in [-0.2, -0.15) is 0 Å². The van der Waals surface area contributed by atoms with Gasteiger partial charge in [0.1, 0.15) is 0 Å². The van der Waals surface area contributed by atoms with E-state index in [-0.39, 0.29) is 11.7 Å². The van der Waals surface area contributed by atoms with Gasteiger partial charge in [0.25, 0.3) is 5.22 Å². The Morgan fingerprint density at radius 3 is 2.46 bits per heavy atom. The summed E-state index contributed by atoms with van der Waals surface area (Å²) in [5.41, 5.74) is 3.28. The molecule has 0 spiro atoms. The topological polar surface area (TPSA) is 94.3 Å². The van der Waals surface area contributed by atoms with Crippen molar-refractivity contribution in [2.75, 3.05) is 18.2 Å². The molecule has 1 aromatic heterocycles. The number of hydrogen-bond acceptors (Lipinski definition) is 7. The Morgan fingerprint density at radius 2 is 1.79 bits per heavy atom. The molecule has 0 atom stereocenters. The zero-order chi connectivity index (χ0) is 19.9. The summed E-state index contributed by atoms with van der Waals surface area (Å²) >= 11 is 1.17. The van der Waals surface area contributed by atoms with Gasteiger partial charge < -0.3 is 14.5 Å². The van der Waals surface area contributed by atoms with E-state index >= 15 is 0 Å². The quantitative estimate of drug-likeness (QED) is 0.482. The van der Waals surface area contributed by atoms with E-state index in [2.05, 4.69) is 20.3 Å². The smallest absolute Gasteiger partial charge is 0.337 e. The van der Waals surface area contributed by atoms with Gasteiger partial charge in [-0.1, -0.05) is 41.6 Å². The van der Waals surface area contributed by atoms with Crippen molar-refractivity contribution in [3.63, 3.8) is 0 Å². The van der Waals surface area contributed by atoms with Gasteiger partial charge in [-0.25, -0.2) is 4.79 Å². The van der Waals surface area contributed by atoms with Gasteiger partial charge in [-0.05, 0) is 36.8 Å². The first-order valence-corrected chi connectivity index (χ1v) is 9.51. The van der Waals surface area contributed by atoms with Crippen LogP contribution in [0.4, 0.5) is 5.69 Å². The number of esters is 1. The fourth-order valence-electron chi connectivity index (χ4n) is 2.38. The fourth-order valence-corrected chi connectivity index (χ4v) is 2.96. The molecule has 1 N–H and O–H groups in total. The fraction of sp³-hybridized carbons (Fsp3) is 0.200. The van der Waals surface area contributed by atoms with E-state index in [0.29, 0.717) is 28.8 Å². The predicted molar refractivity (Wildman–Crippen MR) is 105 cm³/mol. The first kappa shape index (κ1) is 19.6. The number of amides is 1. The van der Waals surface area contributed by atoms with Gasteiger partial charge in [0.05, 0.1) is 24.8 Å². The summed E-state index contributed by atoms with van der Waals surface area (Å²) in [6.45, 7) is 2.03. The lowest BCUT2D eigenvalue weighted by Gasteiger charge is -2.05. The molecule has 7 nitrogen and oxygen atoms in total. The van der Waals surface area contributed by atoms with Crippen LogP contribution in [0.5, 0.6) is 0 Å². The average Bonchev–Trinajstić information content (AvgIpc) is 3.15. The average molecular weight is 397 g/mol. The van der Waals surface area contributed by atoms with Crippen molar-refractivity contribution < 1.29 is 18.7 Å². The van der Waals surface area contributed by atoms with Crippen LogP contribution in [0, 0.1) is 6.92 Å². The van der Waals surface area contributed by atoms with Gasteiger partial charge in [0.2, 0.25) is 11.8 Å². The minimum atomic E-state index is -0.425. The number of rotatable bonds is 7. The number of aromatic nitrogens is 2. The second kappa shape index (κ2) is 9.18. The Hall–Kier alpha value is -3.13. The molecular weight excluding hydrogens is 378 g/mol. The first-order valence-electron chi connectivity index (χ1n) is 8.52. The highest BCUT2D eigenvalue weighted by molar-refractivity contribution is 7.99. The van der Waals surface area contributed by atoms with Crippen LogP contribution in [0.3, 0.4) is 0 Å². The number of thioether (sulfide) groups is 1. The van der Waals surface area contributed by atoms with E-state index in [4.69, 9.17) is 4.42 Å². The number of hydrogen-bond donors (Lipinski definition) is 1. The highest BCUT2D eigenvalue weighted by Gasteiger charge is 2.11. The van der Waals surface area contributed by atoms with Crippen LogP contribution in [-0.2, 0) is 16.0 Å². The Labute approximate surface area is 166 Å². The van der Waals surface area contributed by atoms with E-state index in [0.717, 1.165) is 5.56 Å². The highest BCUT2D eigenvalue weighted by atomic mass is 32.2. The number of carbonyl (C=O) groups is 2. The van der Waals surface area contributed by atoms with Crippen LogP contribution in [0.2, 0.25) is 0 Å². The number of ether oxygens (including phenoxy) is 1. The van der Waals surface area contributed by atoms with Crippen molar-refractivity contribution in [3.8, 4) is 0 Å². The molecule has 28 heavy (non-hydrogen) atoms. The molecule has 0 fully saturated rings. The highest BCUT2D eigenvalue weighted by Crippen LogP contribution is 2.19. The van der Waals surface area contributed by atoms with E-state index in [1.165, 1.54) is 24.4 Å². The van der Waals surface area contributed by atoms with E-state index < -0.39 is 5.97 Å². The van der Waals surface area contributed by atoms with Crippen molar-refractivity contribution in [3.05, 3.63) is 71.1 Å². The third kappa shape index (κ3) is 5.43. The van der Waals surface area contributed by atoms with Crippen LogP contribution < -0.4 is 5.32 Å².